The third-order valence-corrected chi connectivity index (χ3v) is 3.42. The molecule has 0 aromatic heterocycles. The highest BCUT2D eigenvalue weighted by Gasteiger charge is 2.23. The van der Waals surface area contributed by atoms with Crippen molar-refractivity contribution in [3.05, 3.63) is 29.8 Å². The van der Waals surface area contributed by atoms with Gasteiger partial charge in [0.05, 0.1) is 0 Å². The van der Waals surface area contributed by atoms with Crippen molar-refractivity contribution in [2.75, 3.05) is 25.0 Å². The van der Waals surface area contributed by atoms with Gasteiger partial charge >= 0.3 is 0 Å². The second-order valence-corrected chi connectivity index (χ2v) is 4.78. The molecule has 1 fully saturated rings. The molecule has 0 bridgehead atoms. The van der Waals surface area contributed by atoms with E-state index in [9.17, 15) is 14.7 Å². The van der Waals surface area contributed by atoms with Crippen LogP contribution in [0.4, 0.5) is 5.69 Å². The van der Waals surface area contributed by atoms with Crippen LogP contribution in [0.5, 0.6) is 0 Å². The first-order chi connectivity index (χ1) is 9.24. The normalized spacial score (nSPS) is 19.0. The molecule has 5 heteroatoms. The minimum absolute atomic E-state index is 0.0178. The SMILES string of the molecule is O=CNc1ccc(C(=O)N2CCCC(CO)C2)cc1. The maximum absolute atomic E-state index is 12.3. The standard InChI is InChI=1S/C14H18N2O3/c17-9-11-2-1-7-16(8-11)14(19)12-3-5-13(6-4-12)15-10-18/h3-6,10-11,17H,1-2,7-9H2,(H,15,18). The van der Waals surface area contributed by atoms with E-state index in [0.29, 0.717) is 24.2 Å². The van der Waals surface area contributed by atoms with Crippen LogP contribution in [-0.4, -0.2) is 42.0 Å². The summed E-state index contributed by atoms with van der Waals surface area (Å²) >= 11 is 0. The number of hydrogen-bond donors (Lipinski definition) is 2. The highest BCUT2D eigenvalue weighted by atomic mass is 16.3. The van der Waals surface area contributed by atoms with Crippen molar-refractivity contribution in [3.63, 3.8) is 0 Å². The molecule has 0 aliphatic carbocycles. The molecule has 102 valence electrons. The van der Waals surface area contributed by atoms with Gasteiger partial charge in [-0.3, -0.25) is 9.59 Å². The van der Waals surface area contributed by atoms with Gasteiger partial charge in [0.25, 0.3) is 5.91 Å². The molecule has 1 saturated heterocycles. The number of amides is 2. The van der Waals surface area contributed by atoms with Gasteiger partial charge < -0.3 is 15.3 Å². The summed E-state index contributed by atoms with van der Waals surface area (Å²) in [6.45, 7) is 1.49. The highest BCUT2D eigenvalue weighted by Crippen LogP contribution is 2.19. The molecule has 2 amide bonds. The number of likely N-dealkylation sites (tertiary alicyclic amines) is 1. The van der Waals surface area contributed by atoms with E-state index in [1.807, 2.05) is 0 Å². The Balaban J connectivity index is 2.04. The van der Waals surface area contributed by atoms with Crippen molar-refractivity contribution in [2.45, 2.75) is 12.8 Å². The molecule has 5 nitrogen and oxygen atoms in total. The van der Waals surface area contributed by atoms with Gasteiger partial charge in [-0.2, -0.15) is 0 Å². The summed E-state index contributed by atoms with van der Waals surface area (Å²) in [7, 11) is 0. The summed E-state index contributed by atoms with van der Waals surface area (Å²) in [5.74, 6) is 0.171. The van der Waals surface area contributed by atoms with E-state index in [1.165, 1.54) is 0 Å². The molecule has 1 aromatic carbocycles. The number of rotatable bonds is 4. The van der Waals surface area contributed by atoms with Gasteiger partial charge in [0.15, 0.2) is 0 Å². The summed E-state index contributed by atoms with van der Waals surface area (Å²) in [4.78, 5) is 24.4. The molecule has 1 atom stereocenters. The molecule has 19 heavy (non-hydrogen) atoms. The quantitative estimate of drug-likeness (QED) is 0.798. The lowest BCUT2D eigenvalue weighted by Crippen LogP contribution is -2.40. The molecule has 1 aliphatic rings. The monoisotopic (exact) mass is 262 g/mol. The number of nitrogens with zero attached hydrogens (tertiary/aromatic N) is 1. The van der Waals surface area contributed by atoms with E-state index in [4.69, 9.17) is 0 Å². The zero-order valence-corrected chi connectivity index (χ0v) is 10.7. The molecular formula is C14H18N2O3. The van der Waals surface area contributed by atoms with Crippen molar-refractivity contribution in [1.82, 2.24) is 4.90 Å². The zero-order chi connectivity index (χ0) is 13.7. The smallest absolute Gasteiger partial charge is 0.253 e. The van der Waals surface area contributed by atoms with Crippen LogP contribution in [0.3, 0.4) is 0 Å². The number of nitrogens with one attached hydrogen (secondary N) is 1. The van der Waals surface area contributed by atoms with E-state index < -0.39 is 0 Å². The fraction of sp³-hybridized carbons (Fsp3) is 0.429. The van der Waals surface area contributed by atoms with Gasteiger partial charge in [-0.25, -0.2) is 0 Å². The lowest BCUT2D eigenvalue weighted by Gasteiger charge is -2.31. The van der Waals surface area contributed by atoms with Gasteiger partial charge in [-0.15, -0.1) is 0 Å². The topological polar surface area (TPSA) is 69.6 Å². The van der Waals surface area contributed by atoms with E-state index >= 15 is 0 Å². The first-order valence-electron chi connectivity index (χ1n) is 6.45. The fourth-order valence-electron chi connectivity index (χ4n) is 2.36. The second-order valence-electron chi connectivity index (χ2n) is 4.78. The Morgan fingerprint density at radius 3 is 2.79 bits per heavy atom. The lowest BCUT2D eigenvalue weighted by atomic mass is 9.98. The predicted molar refractivity (Wildman–Crippen MR) is 71.8 cm³/mol. The Morgan fingerprint density at radius 1 is 1.42 bits per heavy atom. The number of aliphatic hydroxyl groups excluding tert-OH is 1. The first-order valence-corrected chi connectivity index (χ1v) is 6.45. The highest BCUT2D eigenvalue weighted by molar-refractivity contribution is 5.94. The first kappa shape index (κ1) is 13.5. The number of hydrogen-bond acceptors (Lipinski definition) is 3. The Hall–Kier alpha value is -1.88. The van der Waals surface area contributed by atoms with Crippen LogP contribution in [0.2, 0.25) is 0 Å². The molecule has 0 radical (unpaired) electrons. The van der Waals surface area contributed by atoms with Crippen molar-refractivity contribution in [3.8, 4) is 0 Å². The van der Waals surface area contributed by atoms with Gasteiger partial charge in [0.1, 0.15) is 0 Å². The molecule has 1 heterocycles. The van der Waals surface area contributed by atoms with Gasteiger partial charge in [-0.05, 0) is 43.0 Å². The van der Waals surface area contributed by atoms with Gasteiger partial charge in [-0.1, -0.05) is 0 Å². The number of aliphatic hydroxyl groups is 1. The average molecular weight is 262 g/mol. The summed E-state index contributed by atoms with van der Waals surface area (Å²) in [5, 5.41) is 11.7. The molecular weight excluding hydrogens is 244 g/mol. The van der Waals surface area contributed by atoms with Gasteiger partial charge in [0.2, 0.25) is 6.41 Å². The summed E-state index contributed by atoms with van der Waals surface area (Å²) < 4.78 is 0. The number of carbonyl (C=O) groups excluding carboxylic acids is 2. The number of benzene rings is 1. The van der Waals surface area contributed by atoms with Crippen LogP contribution in [0.15, 0.2) is 24.3 Å². The Kier molecular flexibility index (Phi) is 4.52. The summed E-state index contributed by atoms with van der Waals surface area (Å²) in [6, 6.07) is 6.82. The molecule has 1 aliphatic heterocycles. The largest absolute Gasteiger partial charge is 0.396 e. The molecule has 0 saturated carbocycles. The zero-order valence-electron chi connectivity index (χ0n) is 10.7. The maximum Gasteiger partial charge on any atom is 0.253 e. The van der Waals surface area contributed by atoms with Crippen molar-refractivity contribution >= 4 is 18.0 Å². The number of anilines is 1. The van der Waals surface area contributed by atoms with Crippen LogP contribution in [0, 0.1) is 5.92 Å². The number of carbonyl (C=O) groups is 2. The Labute approximate surface area is 112 Å². The van der Waals surface area contributed by atoms with E-state index in [-0.39, 0.29) is 18.4 Å². The number of piperidine rings is 1. The molecule has 1 aromatic rings. The lowest BCUT2D eigenvalue weighted by molar-refractivity contribution is -0.105. The van der Waals surface area contributed by atoms with Gasteiger partial charge in [0, 0.05) is 30.9 Å². The van der Waals surface area contributed by atoms with Crippen LogP contribution in [-0.2, 0) is 4.79 Å². The molecule has 2 rings (SSSR count). The summed E-state index contributed by atoms with van der Waals surface area (Å²) in [5.41, 5.74) is 1.27. The second kappa shape index (κ2) is 6.33. The van der Waals surface area contributed by atoms with Crippen molar-refractivity contribution < 1.29 is 14.7 Å². The van der Waals surface area contributed by atoms with E-state index in [0.717, 1.165) is 19.4 Å². The minimum Gasteiger partial charge on any atom is -0.396 e. The van der Waals surface area contributed by atoms with Crippen LogP contribution in [0.1, 0.15) is 23.2 Å². The molecule has 2 N–H and O–H groups in total. The van der Waals surface area contributed by atoms with E-state index in [1.54, 1.807) is 29.2 Å². The third-order valence-electron chi connectivity index (χ3n) is 3.42. The van der Waals surface area contributed by atoms with Crippen molar-refractivity contribution in [2.24, 2.45) is 5.92 Å². The maximum atomic E-state index is 12.3. The molecule has 1 unspecified atom stereocenters. The third kappa shape index (κ3) is 3.32. The van der Waals surface area contributed by atoms with E-state index in [2.05, 4.69) is 5.32 Å². The predicted octanol–water partition coefficient (Wildman–Crippen LogP) is 1.10. The molecule has 0 spiro atoms. The Bertz CT molecular complexity index is 445. The van der Waals surface area contributed by atoms with Crippen molar-refractivity contribution in [1.29, 1.82) is 0 Å². The minimum atomic E-state index is -0.0178. The van der Waals surface area contributed by atoms with Crippen LogP contribution < -0.4 is 5.32 Å². The summed E-state index contributed by atoms with van der Waals surface area (Å²) in [6.07, 6.45) is 2.51. The fourth-order valence-corrected chi connectivity index (χ4v) is 2.36. The van der Waals surface area contributed by atoms with Crippen LogP contribution in [0.25, 0.3) is 0 Å². The average Bonchev–Trinajstić information content (AvgIpc) is 2.48. The van der Waals surface area contributed by atoms with Crippen LogP contribution >= 0.6 is 0 Å². The Morgan fingerprint density at radius 2 is 2.16 bits per heavy atom.